The Morgan fingerprint density at radius 1 is 0.900 bits per heavy atom. The summed E-state index contributed by atoms with van der Waals surface area (Å²) in [6.45, 7) is 4.16. The van der Waals surface area contributed by atoms with Gasteiger partial charge in [-0.2, -0.15) is 0 Å². The summed E-state index contributed by atoms with van der Waals surface area (Å²) in [5.41, 5.74) is 2.55. The molecule has 160 valence electrons. The highest BCUT2D eigenvalue weighted by Crippen LogP contribution is 2.28. The number of halogens is 2. The van der Waals surface area contributed by atoms with Crippen molar-refractivity contribution in [3.05, 3.63) is 49.1 Å². The summed E-state index contributed by atoms with van der Waals surface area (Å²) in [5, 5.41) is 3.25. The molecule has 8 nitrogen and oxygen atoms in total. The van der Waals surface area contributed by atoms with Gasteiger partial charge >= 0.3 is 0 Å². The van der Waals surface area contributed by atoms with E-state index in [0.29, 0.717) is 28.8 Å². The summed E-state index contributed by atoms with van der Waals surface area (Å²) in [6.07, 6.45) is 6.86. The van der Waals surface area contributed by atoms with E-state index in [1.54, 1.807) is 25.7 Å². The molecule has 0 amide bonds. The number of likely N-dealkylation sites (N-methyl/N-ethyl adjacent to an activating group) is 1. The van der Waals surface area contributed by atoms with Gasteiger partial charge in [-0.15, -0.1) is 24.8 Å². The van der Waals surface area contributed by atoms with E-state index in [-0.39, 0.29) is 24.8 Å². The highest BCUT2D eigenvalue weighted by atomic mass is 35.5. The van der Waals surface area contributed by atoms with Crippen LogP contribution < -0.4 is 15.0 Å². The van der Waals surface area contributed by atoms with E-state index >= 15 is 0 Å². The van der Waals surface area contributed by atoms with E-state index in [9.17, 15) is 0 Å². The molecule has 3 aromatic heterocycles. The predicted octanol–water partition coefficient (Wildman–Crippen LogP) is 3.28. The Hall–Kier alpha value is -2.68. The van der Waals surface area contributed by atoms with Crippen LogP contribution >= 0.6 is 24.8 Å². The van der Waals surface area contributed by atoms with Crippen LogP contribution in [0.2, 0.25) is 0 Å². The number of nitrogens with one attached hydrogen (secondary N) is 1. The second kappa shape index (κ2) is 10.9. The van der Waals surface area contributed by atoms with Gasteiger partial charge in [-0.05, 0) is 31.3 Å². The zero-order valence-corrected chi connectivity index (χ0v) is 18.5. The molecule has 1 aliphatic heterocycles. The van der Waals surface area contributed by atoms with Gasteiger partial charge in [0.1, 0.15) is 11.5 Å². The molecule has 4 heterocycles. The summed E-state index contributed by atoms with van der Waals surface area (Å²) < 4.78 is 5.44. The van der Waals surface area contributed by atoms with Gasteiger partial charge in [0.05, 0.1) is 30.9 Å². The molecule has 0 aromatic carbocycles. The standard InChI is InChI=1S/C20H23N7O.2ClH/c1-26-9-11-27(12-10-26)15-3-6-19(23-13-15)25-20-18(28-2)5-4-16(24-20)17-14-21-7-8-22-17;;/h3-8,13-14H,9-12H2,1-2H3,(H,23,24,25);2*1H. The first-order chi connectivity index (χ1) is 13.7. The van der Waals surface area contributed by atoms with Crippen molar-refractivity contribution in [3.8, 4) is 17.1 Å². The fourth-order valence-corrected chi connectivity index (χ4v) is 3.11. The van der Waals surface area contributed by atoms with Crippen molar-refractivity contribution >= 4 is 42.1 Å². The van der Waals surface area contributed by atoms with E-state index < -0.39 is 0 Å². The van der Waals surface area contributed by atoms with Crippen LogP contribution in [0.15, 0.2) is 49.1 Å². The number of rotatable bonds is 5. The van der Waals surface area contributed by atoms with Crippen LogP contribution in [-0.4, -0.2) is 65.2 Å². The first-order valence-corrected chi connectivity index (χ1v) is 9.21. The number of methoxy groups -OCH3 is 1. The normalized spacial score (nSPS) is 13.7. The number of ether oxygens (including phenoxy) is 1. The molecular formula is C20H25Cl2N7O. The summed E-state index contributed by atoms with van der Waals surface area (Å²) >= 11 is 0. The van der Waals surface area contributed by atoms with Crippen LogP contribution in [0, 0.1) is 0 Å². The maximum Gasteiger partial charge on any atom is 0.175 e. The summed E-state index contributed by atoms with van der Waals surface area (Å²) in [4.78, 5) is 22.3. The molecule has 10 heteroatoms. The lowest BCUT2D eigenvalue weighted by molar-refractivity contribution is 0.313. The lowest BCUT2D eigenvalue weighted by Gasteiger charge is -2.33. The second-order valence-electron chi connectivity index (χ2n) is 6.65. The Labute approximate surface area is 188 Å². The Bertz CT molecular complexity index is 920. The Balaban J connectivity index is 0.00000160. The molecular weight excluding hydrogens is 425 g/mol. The van der Waals surface area contributed by atoms with E-state index in [4.69, 9.17) is 4.74 Å². The predicted molar refractivity (Wildman–Crippen MR) is 124 cm³/mol. The molecule has 1 fully saturated rings. The molecule has 0 saturated carbocycles. The number of aromatic nitrogens is 4. The van der Waals surface area contributed by atoms with E-state index in [0.717, 1.165) is 31.9 Å². The number of hydrogen-bond donors (Lipinski definition) is 1. The SMILES string of the molecule is COc1ccc(-c2cnccn2)nc1Nc1ccc(N2CCN(C)CC2)cn1.Cl.Cl. The van der Waals surface area contributed by atoms with Crippen LogP contribution in [0.4, 0.5) is 17.3 Å². The number of anilines is 3. The van der Waals surface area contributed by atoms with Gasteiger partial charge in [-0.3, -0.25) is 9.97 Å². The van der Waals surface area contributed by atoms with Gasteiger partial charge < -0.3 is 19.9 Å². The van der Waals surface area contributed by atoms with Crippen LogP contribution in [0.1, 0.15) is 0 Å². The van der Waals surface area contributed by atoms with Gasteiger partial charge in [0.25, 0.3) is 0 Å². The third-order valence-corrected chi connectivity index (χ3v) is 4.77. The Kier molecular flexibility index (Phi) is 8.58. The van der Waals surface area contributed by atoms with Crippen molar-refractivity contribution in [1.29, 1.82) is 0 Å². The third-order valence-electron chi connectivity index (χ3n) is 4.77. The molecule has 0 atom stereocenters. The van der Waals surface area contributed by atoms with Crippen molar-refractivity contribution in [2.45, 2.75) is 0 Å². The second-order valence-corrected chi connectivity index (χ2v) is 6.65. The maximum atomic E-state index is 5.44. The molecule has 4 rings (SSSR count). The van der Waals surface area contributed by atoms with E-state index in [1.807, 2.05) is 24.4 Å². The maximum absolute atomic E-state index is 5.44. The number of hydrogen-bond acceptors (Lipinski definition) is 8. The highest BCUT2D eigenvalue weighted by molar-refractivity contribution is 5.85. The monoisotopic (exact) mass is 449 g/mol. The van der Waals surface area contributed by atoms with Crippen molar-refractivity contribution in [2.24, 2.45) is 0 Å². The van der Waals surface area contributed by atoms with Gasteiger partial charge in [0, 0.05) is 38.6 Å². The lowest BCUT2D eigenvalue weighted by Crippen LogP contribution is -2.44. The topological polar surface area (TPSA) is 79.3 Å². The van der Waals surface area contributed by atoms with E-state index in [1.165, 1.54) is 0 Å². The minimum absolute atomic E-state index is 0. The first kappa shape index (κ1) is 23.6. The van der Waals surface area contributed by atoms with Crippen LogP contribution in [0.3, 0.4) is 0 Å². The van der Waals surface area contributed by atoms with Crippen molar-refractivity contribution in [1.82, 2.24) is 24.8 Å². The largest absolute Gasteiger partial charge is 0.493 e. The summed E-state index contributed by atoms with van der Waals surface area (Å²) in [7, 11) is 3.77. The molecule has 1 saturated heterocycles. The lowest BCUT2D eigenvalue weighted by atomic mass is 10.2. The molecule has 0 unspecified atom stereocenters. The van der Waals surface area contributed by atoms with Gasteiger partial charge in [0.15, 0.2) is 11.6 Å². The van der Waals surface area contributed by atoms with E-state index in [2.05, 4.69) is 48.2 Å². The fourth-order valence-electron chi connectivity index (χ4n) is 3.11. The smallest absolute Gasteiger partial charge is 0.175 e. The summed E-state index contributed by atoms with van der Waals surface area (Å²) in [5.74, 6) is 1.93. The van der Waals surface area contributed by atoms with Crippen LogP contribution in [0.25, 0.3) is 11.4 Å². The Morgan fingerprint density at radius 2 is 1.70 bits per heavy atom. The molecule has 30 heavy (non-hydrogen) atoms. The third kappa shape index (κ3) is 5.47. The van der Waals surface area contributed by atoms with Crippen LogP contribution in [0.5, 0.6) is 5.75 Å². The molecule has 0 spiro atoms. The average Bonchev–Trinajstić information content (AvgIpc) is 2.75. The number of nitrogens with zero attached hydrogens (tertiary/aromatic N) is 6. The summed E-state index contributed by atoms with van der Waals surface area (Å²) in [6, 6.07) is 7.76. The number of pyridine rings is 2. The molecule has 3 aromatic rings. The average molecular weight is 450 g/mol. The highest BCUT2D eigenvalue weighted by Gasteiger charge is 2.15. The zero-order valence-electron chi connectivity index (χ0n) is 16.9. The zero-order chi connectivity index (χ0) is 19.3. The molecule has 0 aliphatic carbocycles. The van der Waals surface area contributed by atoms with Crippen molar-refractivity contribution in [2.75, 3.05) is 50.6 Å². The van der Waals surface area contributed by atoms with Gasteiger partial charge in [-0.25, -0.2) is 9.97 Å². The molecule has 1 N–H and O–H groups in total. The van der Waals surface area contributed by atoms with Gasteiger partial charge in [-0.1, -0.05) is 0 Å². The molecule has 0 bridgehead atoms. The molecule has 1 aliphatic rings. The first-order valence-electron chi connectivity index (χ1n) is 9.21. The fraction of sp³-hybridized carbons (Fsp3) is 0.300. The Morgan fingerprint density at radius 3 is 2.33 bits per heavy atom. The van der Waals surface area contributed by atoms with Crippen molar-refractivity contribution < 1.29 is 4.74 Å². The van der Waals surface area contributed by atoms with Crippen molar-refractivity contribution in [3.63, 3.8) is 0 Å². The molecule has 0 radical (unpaired) electrons. The minimum atomic E-state index is 0. The van der Waals surface area contributed by atoms with Gasteiger partial charge in [0.2, 0.25) is 0 Å². The quantitative estimate of drug-likeness (QED) is 0.635. The minimum Gasteiger partial charge on any atom is -0.493 e. The van der Waals surface area contributed by atoms with Crippen LogP contribution in [-0.2, 0) is 0 Å². The number of piperazine rings is 1.